The van der Waals surface area contributed by atoms with E-state index in [0.717, 1.165) is 47.4 Å². The molecule has 1 aromatic carbocycles. The molecule has 9 heteroatoms. The molecule has 0 bridgehead atoms. The molecule has 0 aliphatic rings. The molecule has 2 heterocycles. The minimum Gasteiger partial charge on any atom is -0.481 e. The van der Waals surface area contributed by atoms with E-state index in [4.69, 9.17) is 33.3 Å². The summed E-state index contributed by atoms with van der Waals surface area (Å²) in [6, 6.07) is 5.68. The normalized spacial score (nSPS) is 10.6. The van der Waals surface area contributed by atoms with Gasteiger partial charge < -0.3 is 14.7 Å². The number of nitrogens with one attached hydrogen (secondary N) is 1. The van der Waals surface area contributed by atoms with Gasteiger partial charge in [0.15, 0.2) is 0 Å². The van der Waals surface area contributed by atoms with Crippen molar-refractivity contribution in [3.63, 3.8) is 0 Å². The van der Waals surface area contributed by atoms with Crippen molar-refractivity contribution in [1.82, 2.24) is 15.2 Å². The molecule has 0 aliphatic carbocycles. The molecule has 2 N–H and O–H groups in total. The minimum atomic E-state index is -0.818. The second-order valence-electron chi connectivity index (χ2n) is 6.51. The van der Waals surface area contributed by atoms with Gasteiger partial charge in [-0.15, -0.1) is 0 Å². The maximum absolute atomic E-state index is 9.68. The van der Waals surface area contributed by atoms with Crippen molar-refractivity contribution in [2.24, 2.45) is 0 Å². The molecule has 0 unspecified atom stereocenters. The van der Waals surface area contributed by atoms with E-state index in [1.54, 1.807) is 12.3 Å². The molecule has 3 rings (SSSR count). The summed E-state index contributed by atoms with van der Waals surface area (Å²) in [5, 5.41) is 17.0. The average Bonchev–Trinajstić information content (AvgIpc) is 3.24. The number of aromatic amines is 1. The molecule has 7 nitrogen and oxygen atoms in total. The summed E-state index contributed by atoms with van der Waals surface area (Å²) in [6.45, 7) is 6.44. The highest BCUT2D eigenvalue weighted by atomic mass is 35.5. The molecule has 0 aliphatic heterocycles. The summed E-state index contributed by atoms with van der Waals surface area (Å²) in [4.78, 5) is 16.7. The molecular weight excluding hydrogens is 427 g/mol. The Labute approximate surface area is 186 Å². The molecule has 0 spiro atoms. The van der Waals surface area contributed by atoms with E-state index in [2.05, 4.69) is 39.7 Å². The predicted octanol–water partition coefficient (Wildman–Crippen LogP) is 5.28. The molecule has 2 aromatic heterocycles. The number of fused-ring (bicyclic) bond motifs is 1. The molecule has 0 amide bonds. The maximum atomic E-state index is 9.68. The number of ether oxygens (including phenoxy) is 1. The van der Waals surface area contributed by atoms with Crippen LogP contribution in [0.25, 0.3) is 22.0 Å². The number of aliphatic carboxylic acids is 1. The SMILES string of the molecule is CCCN(CC)c1cc(-c2cn[nH]c2)c2c(Cl)cc(Cl)cc2n1.COCCC(=O)O. The van der Waals surface area contributed by atoms with Crippen LogP contribution < -0.4 is 4.90 Å². The van der Waals surface area contributed by atoms with E-state index in [-0.39, 0.29) is 6.42 Å². The summed E-state index contributed by atoms with van der Waals surface area (Å²) < 4.78 is 4.47. The Kier molecular flexibility index (Phi) is 9.36. The highest BCUT2D eigenvalue weighted by Gasteiger charge is 2.15. The van der Waals surface area contributed by atoms with Crippen molar-refractivity contribution in [3.05, 3.63) is 40.6 Å². The number of pyridine rings is 1. The van der Waals surface area contributed by atoms with Crippen molar-refractivity contribution in [1.29, 1.82) is 0 Å². The number of hydrogen-bond donors (Lipinski definition) is 2. The zero-order chi connectivity index (χ0) is 22.1. The summed E-state index contributed by atoms with van der Waals surface area (Å²) in [6.07, 6.45) is 4.81. The summed E-state index contributed by atoms with van der Waals surface area (Å²) in [5.74, 6) is 0.109. The van der Waals surface area contributed by atoms with Gasteiger partial charge in [-0.05, 0) is 37.1 Å². The van der Waals surface area contributed by atoms with E-state index >= 15 is 0 Å². The molecule has 0 radical (unpaired) electrons. The number of anilines is 1. The second kappa shape index (κ2) is 11.7. The van der Waals surface area contributed by atoms with Crippen molar-refractivity contribution in [2.75, 3.05) is 31.7 Å². The largest absolute Gasteiger partial charge is 0.481 e. The van der Waals surface area contributed by atoms with E-state index in [1.165, 1.54) is 7.11 Å². The Morgan fingerprint density at radius 2 is 2.03 bits per heavy atom. The number of benzene rings is 1. The summed E-state index contributed by atoms with van der Waals surface area (Å²) in [5.41, 5.74) is 2.79. The number of methoxy groups -OCH3 is 1. The van der Waals surface area contributed by atoms with Gasteiger partial charge in [-0.25, -0.2) is 4.98 Å². The Balaban J connectivity index is 0.000000396. The maximum Gasteiger partial charge on any atom is 0.305 e. The van der Waals surface area contributed by atoms with Crippen molar-refractivity contribution >= 4 is 45.9 Å². The number of halogens is 2. The first-order chi connectivity index (χ1) is 14.4. The van der Waals surface area contributed by atoms with Gasteiger partial charge in [0.05, 0.1) is 29.8 Å². The third kappa shape index (κ3) is 6.32. The van der Waals surface area contributed by atoms with Crippen molar-refractivity contribution in [3.8, 4) is 11.1 Å². The molecule has 162 valence electrons. The Morgan fingerprint density at radius 1 is 1.27 bits per heavy atom. The monoisotopic (exact) mass is 452 g/mol. The highest BCUT2D eigenvalue weighted by molar-refractivity contribution is 6.39. The standard InChI is InChI=1S/C17H18Cl2N4.C4H8O3/c1-3-5-23(4-2)16-8-13(11-9-20-21-10-11)17-14(19)6-12(18)7-15(17)22-16;1-7-3-2-4(5)6/h6-10H,3-5H2,1-2H3,(H,20,21);2-3H2,1H3,(H,5,6). The van der Waals surface area contributed by atoms with E-state index in [1.807, 2.05) is 12.3 Å². The predicted molar refractivity (Wildman–Crippen MR) is 122 cm³/mol. The van der Waals surface area contributed by atoms with E-state index in [9.17, 15) is 4.79 Å². The number of carboxylic acid groups (broad SMARTS) is 1. The lowest BCUT2D eigenvalue weighted by Crippen LogP contribution is -2.24. The van der Waals surface area contributed by atoms with Crippen LogP contribution in [0.3, 0.4) is 0 Å². The van der Waals surface area contributed by atoms with Gasteiger partial charge in [-0.2, -0.15) is 5.10 Å². The lowest BCUT2D eigenvalue weighted by molar-refractivity contribution is -0.137. The second-order valence-corrected chi connectivity index (χ2v) is 7.36. The fraction of sp³-hybridized carbons (Fsp3) is 0.381. The number of rotatable bonds is 8. The van der Waals surface area contributed by atoms with Crippen LogP contribution in [-0.4, -0.2) is 53.1 Å². The first-order valence-corrected chi connectivity index (χ1v) is 10.4. The van der Waals surface area contributed by atoms with Crippen LogP contribution >= 0.6 is 23.2 Å². The number of hydrogen-bond acceptors (Lipinski definition) is 5. The fourth-order valence-corrected chi connectivity index (χ4v) is 3.54. The molecule has 3 aromatic rings. The summed E-state index contributed by atoms with van der Waals surface area (Å²) in [7, 11) is 1.48. The smallest absolute Gasteiger partial charge is 0.305 e. The van der Waals surface area contributed by atoms with Crippen LogP contribution in [0, 0.1) is 0 Å². The molecular formula is C21H26Cl2N4O3. The lowest BCUT2D eigenvalue weighted by atomic mass is 10.0. The van der Waals surface area contributed by atoms with E-state index in [0.29, 0.717) is 16.7 Å². The van der Waals surface area contributed by atoms with Crippen molar-refractivity contribution in [2.45, 2.75) is 26.7 Å². The van der Waals surface area contributed by atoms with Gasteiger partial charge in [-0.1, -0.05) is 30.1 Å². The van der Waals surface area contributed by atoms with Crippen LogP contribution in [0.2, 0.25) is 10.0 Å². The van der Waals surface area contributed by atoms with Gasteiger partial charge in [0.1, 0.15) is 5.82 Å². The number of H-pyrrole nitrogens is 1. The Morgan fingerprint density at radius 3 is 2.57 bits per heavy atom. The lowest BCUT2D eigenvalue weighted by Gasteiger charge is -2.23. The Hall–Kier alpha value is -2.35. The molecule has 0 saturated heterocycles. The van der Waals surface area contributed by atoms with Crippen LogP contribution in [0.5, 0.6) is 0 Å². The molecule has 0 saturated carbocycles. The molecule has 0 fully saturated rings. The molecule has 0 atom stereocenters. The third-order valence-corrected chi connectivity index (χ3v) is 4.86. The van der Waals surface area contributed by atoms with Gasteiger partial charge in [0, 0.05) is 42.4 Å². The quantitative estimate of drug-likeness (QED) is 0.483. The van der Waals surface area contributed by atoms with Crippen LogP contribution in [0.4, 0.5) is 5.82 Å². The zero-order valence-electron chi connectivity index (χ0n) is 17.3. The minimum absolute atomic E-state index is 0.0938. The number of aromatic nitrogens is 3. The van der Waals surface area contributed by atoms with Gasteiger partial charge >= 0.3 is 5.97 Å². The van der Waals surface area contributed by atoms with E-state index < -0.39 is 5.97 Å². The van der Waals surface area contributed by atoms with Gasteiger partial charge in [-0.3, -0.25) is 9.89 Å². The van der Waals surface area contributed by atoms with Crippen molar-refractivity contribution < 1.29 is 14.6 Å². The van der Waals surface area contributed by atoms with Gasteiger partial charge in [0.25, 0.3) is 0 Å². The van der Waals surface area contributed by atoms with Gasteiger partial charge in [0.2, 0.25) is 0 Å². The Bertz CT molecular complexity index is 965. The topological polar surface area (TPSA) is 91.3 Å². The fourth-order valence-electron chi connectivity index (χ4n) is 2.95. The highest BCUT2D eigenvalue weighted by Crippen LogP contribution is 2.37. The molecule has 30 heavy (non-hydrogen) atoms. The third-order valence-electron chi connectivity index (χ3n) is 4.34. The van der Waals surface area contributed by atoms with Crippen LogP contribution in [-0.2, 0) is 9.53 Å². The first kappa shape index (κ1) is 23.9. The summed E-state index contributed by atoms with van der Waals surface area (Å²) >= 11 is 12.6. The zero-order valence-corrected chi connectivity index (χ0v) is 18.8. The average molecular weight is 453 g/mol. The number of carboxylic acids is 1. The van der Waals surface area contributed by atoms with Crippen LogP contribution in [0.15, 0.2) is 30.6 Å². The first-order valence-electron chi connectivity index (χ1n) is 9.65. The number of nitrogens with zero attached hydrogens (tertiary/aromatic N) is 3. The van der Waals surface area contributed by atoms with Crippen LogP contribution in [0.1, 0.15) is 26.7 Å². The number of carbonyl (C=O) groups is 1.